The Kier molecular flexibility index (Phi) is 3.61. The van der Waals surface area contributed by atoms with Gasteiger partial charge in [0, 0.05) is 6.42 Å². The summed E-state index contributed by atoms with van der Waals surface area (Å²) in [5.41, 5.74) is 2.83. The Labute approximate surface area is 104 Å². The van der Waals surface area contributed by atoms with Crippen LogP contribution in [0, 0.1) is 0 Å². The topological polar surface area (TPSA) is 38.1 Å². The smallest absolute Gasteiger partial charge is 0.158 e. The molecule has 0 radical (unpaired) electrons. The number of hydrogen-bond acceptors (Lipinski definition) is 4. The lowest BCUT2D eigenvalue weighted by Gasteiger charge is -2.02. The minimum absolute atomic E-state index is 0.421. The van der Waals surface area contributed by atoms with E-state index in [0.717, 1.165) is 23.6 Å². The van der Waals surface area contributed by atoms with Crippen molar-refractivity contribution >= 4 is 40.2 Å². The van der Waals surface area contributed by atoms with E-state index in [1.165, 1.54) is 11.9 Å². The largest absolute Gasteiger partial charge is 0.241 e. The zero-order chi connectivity index (χ0) is 11.5. The van der Waals surface area contributed by atoms with Gasteiger partial charge in [0.15, 0.2) is 5.15 Å². The number of aromatic nitrogens is 2. The average Bonchev–Trinajstić information content (AvgIpc) is 2.48. The van der Waals surface area contributed by atoms with Gasteiger partial charge in [-0.1, -0.05) is 24.1 Å². The van der Waals surface area contributed by atoms with Gasteiger partial charge in [-0.3, -0.25) is 0 Å². The third-order valence-corrected chi connectivity index (χ3v) is 3.43. The molecule has 0 aliphatic carbocycles. The molecule has 1 aromatic heterocycles. The van der Waals surface area contributed by atoms with Gasteiger partial charge in [0.1, 0.15) is 12.0 Å². The molecule has 1 aliphatic rings. The van der Waals surface area contributed by atoms with Gasteiger partial charge in [0.05, 0.1) is 10.7 Å². The normalized spacial score (nSPS) is 14.9. The van der Waals surface area contributed by atoms with Crippen molar-refractivity contribution in [1.82, 2.24) is 9.97 Å². The molecular weight excluding hydrogens is 242 g/mol. The molecule has 0 unspecified atom stereocenters. The molecule has 1 aliphatic heterocycles. The minimum Gasteiger partial charge on any atom is -0.241 e. The highest BCUT2D eigenvalue weighted by atomic mass is 35.5. The molecule has 2 heterocycles. The maximum absolute atomic E-state index is 6.03. The van der Waals surface area contributed by atoms with Crippen LogP contribution in [0.15, 0.2) is 16.9 Å². The van der Waals surface area contributed by atoms with Crippen molar-refractivity contribution < 1.29 is 0 Å². The SMILES string of the molecule is CCC1=Cc2ncnc(Cl)c2N=C(SC)C1. The molecule has 2 rings (SSSR count). The van der Waals surface area contributed by atoms with Crippen molar-refractivity contribution in [3.05, 3.63) is 22.7 Å². The number of thioether (sulfide) groups is 1. The maximum atomic E-state index is 6.03. The standard InChI is InChI=1S/C11H12ClN3S/c1-3-7-4-8-10(11(12)14-6-13-8)15-9(5-7)16-2/h4,6H,3,5H2,1-2H3. The van der Waals surface area contributed by atoms with Gasteiger partial charge in [-0.2, -0.15) is 0 Å². The summed E-state index contributed by atoms with van der Waals surface area (Å²) in [5.74, 6) is 0. The number of allylic oxidation sites excluding steroid dienone is 1. The fraction of sp³-hybridized carbons (Fsp3) is 0.364. The predicted octanol–water partition coefficient (Wildman–Crippen LogP) is 3.72. The molecular formula is C11H12ClN3S. The highest BCUT2D eigenvalue weighted by Crippen LogP contribution is 2.32. The van der Waals surface area contributed by atoms with Crippen molar-refractivity contribution in [2.75, 3.05) is 6.26 Å². The highest BCUT2D eigenvalue weighted by molar-refractivity contribution is 8.13. The second-order valence-electron chi connectivity index (χ2n) is 3.44. The van der Waals surface area contributed by atoms with Gasteiger partial charge < -0.3 is 0 Å². The van der Waals surface area contributed by atoms with Gasteiger partial charge in [-0.15, -0.1) is 11.8 Å². The van der Waals surface area contributed by atoms with E-state index < -0.39 is 0 Å². The fourth-order valence-corrected chi connectivity index (χ4v) is 2.22. The Balaban J connectivity index is 2.58. The van der Waals surface area contributed by atoms with E-state index in [1.807, 2.05) is 6.26 Å². The van der Waals surface area contributed by atoms with Crippen molar-refractivity contribution in [2.45, 2.75) is 19.8 Å². The quantitative estimate of drug-likeness (QED) is 0.716. The molecule has 0 aromatic carbocycles. The summed E-state index contributed by atoms with van der Waals surface area (Å²) in [6.07, 6.45) is 7.44. The second-order valence-corrected chi connectivity index (χ2v) is 4.68. The molecule has 0 amide bonds. The van der Waals surface area contributed by atoms with Crippen LogP contribution in [0.5, 0.6) is 0 Å². The first-order valence-corrected chi connectivity index (χ1v) is 6.66. The van der Waals surface area contributed by atoms with E-state index in [9.17, 15) is 0 Å². The van der Waals surface area contributed by atoms with Gasteiger partial charge in [-0.05, 0) is 18.8 Å². The number of fused-ring (bicyclic) bond motifs is 1. The summed E-state index contributed by atoms with van der Waals surface area (Å²) in [6, 6.07) is 0. The van der Waals surface area contributed by atoms with Gasteiger partial charge in [0.2, 0.25) is 0 Å². The van der Waals surface area contributed by atoms with Crippen molar-refractivity contribution in [1.29, 1.82) is 0 Å². The number of halogens is 1. The average molecular weight is 254 g/mol. The molecule has 3 nitrogen and oxygen atoms in total. The Morgan fingerprint density at radius 2 is 2.25 bits per heavy atom. The third-order valence-electron chi connectivity index (χ3n) is 2.45. The van der Waals surface area contributed by atoms with E-state index >= 15 is 0 Å². The van der Waals surface area contributed by atoms with E-state index in [2.05, 4.69) is 28.0 Å². The Morgan fingerprint density at radius 1 is 1.44 bits per heavy atom. The van der Waals surface area contributed by atoms with Crippen LogP contribution >= 0.6 is 23.4 Å². The predicted molar refractivity (Wildman–Crippen MR) is 70.5 cm³/mol. The van der Waals surface area contributed by atoms with E-state index in [0.29, 0.717) is 10.8 Å². The number of hydrogen-bond donors (Lipinski definition) is 0. The van der Waals surface area contributed by atoms with Crippen LogP contribution < -0.4 is 0 Å². The summed E-state index contributed by atoms with van der Waals surface area (Å²) >= 11 is 7.68. The van der Waals surface area contributed by atoms with E-state index in [4.69, 9.17) is 11.6 Å². The molecule has 16 heavy (non-hydrogen) atoms. The van der Waals surface area contributed by atoms with Crippen LogP contribution in [0.25, 0.3) is 6.08 Å². The number of rotatable bonds is 1. The van der Waals surface area contributed by atoms with Crippen LogP contribution in [-0.4, -0.2) is 21.3 Å². The lowest BCUT2D eigenvalue weighted by Crippen LogP contribution is -1.92. The molecule has 0 N–H and O–H groups in total. The number of nitrogens with zero attached hydrogens (tertiary/aromatic N) is 3. The molecule has 0 saturated carbocycles. The van der Waals surface area contributed by atoms with Crippen LogP contribution in [-0.2, 0) is 0 Å². The van der Waals surface area contributed by atoms with Crippen LogP contribution in [0.4, 0.5) is 5.69 Å². The van der Waals surface area contributed by atoms with Gasteiger partial charge in [0.25, 0.3) is 0 Å². The highest BCUT2D eigenvalue weighted by Gasteiger charge is 2.14. The molecule has 0 bridgehead atoms. The molecule has 5 heteroatoms. The summed E-state index contributed by atoms with van der Waals surface area (Å²) in [4.78, 5) is 12.7. The molecule has 0 fully saturated rings. The fourth-order valence-electron chi connectivity index (χ4n) is 1.53. The molecule has 84 valence electrons. The summed E-state index contributed by atoms with van der Waals surface area (Å²) in [6.45, 7) is 2.14. The van der Waals surface area contributed by atoms with Crippen LogP contribution in [0.2, 0.25) is 5.15 Å². The second kappa shape index (κ2) is 4.97. The zero-order valence-electron chi connectivity index (χ0n) is 9.20. The Morgan fingerprint density at radius 3 is 2.94 bits per heavy atom. The molecule has 0 saturated heterocycles. The van der Waals surface area contributed by atoms with E-state index in [-0.39, 0.29) is 0 Å². The van der Waals surface area contributed by atoms with Gasteiger partial charge >= 0.3 is 0 Å². The van der Waals surface area contributed by atoms with Crippen molar-refractivity contribution in [3.8, 4) is 0 Å². The molecule has 1 aromatic rings. The van der Waals surface area contributed by atoms with Crippen LogP contribution in [0.1, 0.15) is 25.5 Å². The van der Waals surface area contributed by atoms with E-state index in [1.54, 1.807) is 11.8 Å². The van der Waals surface area contributed by atoms with Crippen LogP contribution in [0.3, 0.4) is 0 Å². The summed E-state index contributed by atoms with van der Waals surface area (Å²) in [5, 5.41) is 1.48. The van der Waals surface area contributed by atoms with Crippen molar-refractivity contribution in [2.24, 2.45) is 4.99 Å². The number of aliphatic imine (C=N–C) groups is 1. The first-order valence-electron chi connectivity index (χ1n) is 5.06. The third kappa shape index (κ3) is 2.28. The minimum atomic E-state index is 0.421. The summed E-state index contributed by atoms with van der Waals surface area (Å²) < 4.78 is 0. The zero-order valence-corrected chi connectivity index (χ0v) is 10.8. The molecule has 0 spiro atoms. The maximum Gasteiger partial charge on any atom is 0.158 e. The Bertz CT molecular complexity index is 468. The molecule has 0 atom stereocenters. The van der Waals surface area contributed by atoms with Gasteiger partial charge in [-0.25, -0.2) is 15.0 Å². The first kappa shape index (κ1) is 11.6. The lowest BCUT2D eigenvalue weighted by atomic mass is 10.1. The summed E-state index contributed by atoms with van der Waals surface area (Å²) in [7, 11) is 0. The lowest BCUT2D eigenvalue weighted by molar-refractivity contribution is 1.07. The Hall–Kier alpha value is -0.870. The van der Waals surface area contributed by atoms with Crippen molar-refractivity contribution in [3.63, 3.8) is 0 Å². The first-order chi connectivity index (χ1) is 7.74. The monoisotopic (exact) mass is 253 g/mol.